The number of ether oxygens (including phenoxy) is 1. The minimum atomic E-state index is 0. The van der Waals surface area contributed by atoms with Crippen molar-refractivity contribution in [3.05, 3.63) is 45.7 Å². The van der Waals surface area contributed by atoms with Crippen molar-refractivity contribution in [3.8, 4) is 16.9 Å². The highest BCUT2D eigenvalue weighted by Gasteiger charge is 2.41. The van der Waals surface area contributed by atoms with Gasteiger partial charge >= 0.3 is 0 Å². The molecule has 1 saturated carbocycles. The maximum atomic E-state index is 6.20. The minimum Gasteiger partial charge on any atom is -0.490 e. The van der Waals surface area contributed by atoms with Crippen LogP contribution < -0.4 is 10.1 Å². The van der Waals surface area contributed by atoms with Crippen molar-refractivity contribution in [3.63, 3.8) is 0 Å². The van der Waals surface area contributed by atoms with Gasteiger partial charge in [-0.05, 0) is 49.7 Å². The lowest BCUT2D eigenvalue weighted by molar-refractivity contribution is 0.259. The lowest BCUT2D eigenvalue weighted by atomic mass is 10.1. The summed E-state index contributed by atoms with van der Waals surface area (Å²) in [7, 11) is 1.95. The molecule has 1 heterocycles. The van der Waals surface area contributed by atoms with Gasteiger partial charge in [0.1, 0.15) is 17.5 Å². The molecule has 1 aliphatic rings. The van der Waals surface area contributed by atoms with E-state index in [4.69, 9.17) is 39.5 Å². The van der Waals surface area contributed by atoms with Crippen LogP contribution in [-0.4, -0.2) is 24.2 Å². The van der Waals surface area contributed by atoms with Gasteiger partial charge in [-0.3, -0.25) is 0 Å². The number of nitrogens with zero attached hydrogens (tertiary/aromatic N) is 1. The highest BCUT2D eigenvalue weighted by atomic mass is 35.5. The average molecular weight is 394 g/mol. The van der Waals surface area contributed by atoms with Crippen LogP contribution in [0, 0.1) is 0 Å². The first-order valence-corrected chi connectivity index (χ1v) is 8.08. The first-order valence-electron chi connectivity index (χ1n) is 6.95. The summed E-state index contributed by atoms with van der Waals surface area (Å²) in [6.45, 7) is 0.614. The average Bonchev–Trinajstić information content (AvgIpc) is 3.26. The van der Waals surface area contributed by atoms with Crippen LogP contribution in [0.2, 0.25) is 15.2 Å². The van der Waals surface area contributed by atoms with E-state index >= 15 is 0 Å². The number of aromatic nitrogens is 1. The second-order valence-corrected chi connectivity index (χ2v) is 6.72. The molecule has 0 unspecified atom stereocenters. The second-order valence-electron chi connectivity index (χ2n) is 5.49. The first-order chi connectivity index (χ1) is 10.5. The number of likely N-dealkylation sites (N-methyl/N-ethyl adjacent to an activating group) is 1. The Morgan fingerprint density at radius 3 is 2.35 bits per heavy atom. The number of benzene rings is 1. The molecule has 0 radical (unpaired) electrons. The second kappa shape index (κ2) is 7.45. The van der Waals surface area contributed by atoms with Crippen LogP contribution in [0.1, 0.15) is 12.8 Å². The molecule has 0 atom stereocenters. The third-order valence-corrected chi connectivity index (χ3v) is 4.62. The molecule has 0 amide bonds. The Kier molecular flexibility index (Phi) is 6.04. The third-order valence-electron chi connectivity index (χ3n) is 3.89. The normalized spacial score (nSPS) is 15.0. The van der Waals surface area contributed by atoms with Gasteiger partial charge in [0.15, 0.2) is 0 Å². The van der Waals surface area contributed by atoms with Gasteiger partial charge in [-0.2, -0.15) is 0 Å². The largest absolute Gasteiger partial charge is 0.490 e. The molecular formula is C16H16Cl4N2O. The third kappa shape index (κ3) is 4.43. The fourth-order valence-electron chi connectivity index (χ4n) is 2.26. The molecule has 1 aliphatic carbocycles. The molecule has 124 valence electrons. The summed E-state index contributed by atoms with van der Waals surface area (Å²) in [6, 6.07) is 7.15. The predicted octanol–water partition coefficient (Wildman–Crippen LogP) is 5.26. The van der Waals surface area contributed by atoms with Gasteiger partial charge in [-0.1, -0.05) is 34.8 Å². The Bertz CT molecular complexity index is 684. The highest BCUT2D eigenvalue weighted by Crippen LogP contribution is 2.37. The fraction of sp³-hybridized carbons (Fsp3) is 0.312. The van der Waals surface area contributed by atoms with Crippen molar-refractivity contribution < 1.29 is 4.74 Å². The minimum absolute atomic E-state index is 0. The van der Waals surface area contributed by atoms with E-state index in [0.29, 0.717) is 27.6 Å². The van der Waals surface area contributed by atoms with Gasteiger partial charge in [-0.15, -0.1) is 12.4 Å². The summed E-state index contributed by atoms with van der Waals surface area (Å²) in [5.41, 5.74) is 1.67. The maximum absolute atomic E-state index is 6.20. The molecule has 1 aromatic carbocycles. The molecule has 3 rings (SSSR count). The molecule has 1 aromatic heterocycles. The van der Waals surface area contributed by atoms with Gasteiger partial charge in [-0.25, -0.2) is 4.98 Å². The molecule has 0 bridgehead atoms. The molecule has 2 aromatic rings. The SMILES string of the molecule is CNC1(COc2cnc(Cl)c(-c3cc(Cl)cc(Cl)c3)c2)CC1.Cl. The quantitative estimate of drug-likeness (QED) is 0.703. The Hall–Kier alpha value is -0.710. The summed E-state index contributed by atoms with van der Waals surface area (Å²) in [4.78, 5) is 4.20. The van der Waals surface area contributed by atoms with Crippen molar-refractivity contribution >= 4 is 47.2 Å². The zero-order valence-corrected chi connectivity index (χ0v) is 15.5. The van der Waals surface area contributed by atoms with E-state index < -0.39 is 0 Å². The van der Waals surface area contributed by atoms with E-state index in [-0.39, 0.29) is 17.9 Å². The van der Waals surface area contributed by atoms with Crippen molar-refractivity contribution in [1.82, 2.24) is 10.3 Å². The summed E-state index contributed by atoms with van der Waals surface area (Å²) in [6.07, 6.45) is 3.88. The van der Waals surface area contributed by atoms with E-state index in [9.17, 15) is 0 Å². The molecule has 0 spiro atoms. The van der Waals surface area contributed by atoms with E-state index in [1.54, 1.807) is 24.4 Å². The predicted molar refractivity (Wildman–Crippen MR) is 98.5 cm³/mol. The smallest absolute Gasteiger partial charge is 0.138 e. The Morgan fingerprint density at radius 2 is 1.78 bits per heavy atom. The number of rotatable bonds is 5. The van der Waals surface area contributed by atoms with Crippen molar-refractivity contribution in [2.45, 2.75) is 18.4 Å². The Labute approximate surface area is 156 Å². The zero-order chi connectivity index (χ0) is 15.7. The Morgan fingerprint density at radius 1 is 1.13 bits per heavy atom. The molecule has 0 aliphatic heterocycles. The van der Waals surface area contributed by atoms with E-state index in [0.717, 1.165) is 24.0 Å². The van der Waals surface area contributed by atoms with Crippen LogP contribution >= 0.6 is 47.2 Å². The molecular weight excluding hydrogens is 378 g/mol. The summed E-state index contributed by atoms with van der Waals surface area (Å²) in [5.74, 6) is 0.678. The fourth-order valence-corrected chi connectivity index (χ4v) is 3.00. The molecule has 0 saturated heterocycles. The lowest BCUT2D eigenvalue weighted by Crippen LogP contribution is -2.33. The van der Waals surface area contributed by atoms with E-state index in [1.807, 2.05) is 13.1 Å². The van der Waals surface area contributed by atoms with Crippen molar-refractivity contribution in [2.24, 2.45) is 0 Å². The van der Waals surface area contributed by atoms with Crippen LogP contribution in [0.25, 0.3) is 11.1 Å². The molecule has 1 fully saturated rings. The number of hydrogen-bond acceptors (Lipinski definition) is 3. The standard InChI is InChI=1S/C16H15Cl3N2O.ClH/c1-20-16(2-3-16)9-22-13-7-14(15(19)21-8-13)10-4-11(17)6-12(18)5-10;/h4-8,20H,2-3,9H2,1H3;1H. The van der Waals surface area contributed by atoms with Crippen LogP contribution in [0.15, 0.2) is 30.5 Å². The molecule has 1 N–H and O–H groups in total. The first kappa shape index (κ1) is 18.6. The van der Waals surface area contributed by atoms with Crippen molar-refractivity contribution in [2.75, 3.05) is 13.7 Å². The van der Waals surface area contributed by atoms with Gasteiger partial charge in [0.2, 0.25) is 0 Å². The Balaban J connectivity index is 0.00000192. The maximum Gasteiger partial charge on any atom is 0.138 e. The van der Waals surface area contributed by atoms with Gasteiger partial charge in [0, 0.05) is 15.6 Å². The number of pyridine rings is 1. The summed E-state index contributed by atoms with van der Waals surface area (Å²) < 4.78 is 5.85. The van der Waals surface area contributed by atoms with E-state index in [1.165, 1.54) is 0 Å². The van der Waals surface area contributed by atoms with Crippen molar-refractivity contribution in [1.29, 1.82) is 0 Å². The lowest BCUT2D eigenvalue weighted by Gasteiger charge is -2.16. The van der Waals surface area contributed by atoms with Gasteiger partial charge in [0.05, 0.1) is 11.7 Å². The summed E-state index contributed by atoms with van der Waals surface area (Å²) in [5, 5.41) is 4.78. The number of halogens is 4. The monoisotopic (exact) mass is 392 g/mol. The van der Waals surface area contributed by atoms with Crippen LogP contribution in [-0.2, 0) is 0 Å². The van der Waals surface area contributed by atoms with Crippen LogP contribution in [0.3, 0.4) is 0 Å². The van der Waals surface area contributed by atoms with Crippen LogP contribution in [0.4, 0.5) is 0 Å². The number of hydrogen-bond donors (Lipinski definition) is 1. The van der Waals surface area contributed by atoms with Crippen LogP contribution in [0.5, 0.6) is 5.75 Å². The molecule has 7 heteroatoms. The number of nitrogens with one attached hydrogen (secondary N) is 1. The van der Waals surface area contributed by atoms with Gasteiger partial charge < -0.3 is 10.1 Å². The molecule has 3 nitrogen and oxygen atoms in total. The zero-order valence-electron chi connectivity index (χ0n) is 12.4. The summed E-state index contributed by atoms with van der Waals surface area (Å²) >= 11 is 18.3. The highest BCUT2D eigenvalue weighted by molar-refractivity contribution is 6.35. The van der Waals surface area contributed by atoms with Gasteiger partial charge in [0.25, 0.3) is 0 Å². The van der Waals surface area contributed by atoms with E-state index in [2.05, 4.69) is 10.3 Å². The topological polar surface area (TPSA) is 34.1 Å². The molecule has 23 heavy (non-hydrogen) atoms.